The molecule has 0 amide bonds. The first-order valence-corrected chi connectivity index (χ1v) is 8.27. The van der Waals surface area contributed by atoms with Crippen molar-refractivity contribution in [3.05, 3.63) is 33.4 Å². The van der Waals surface area contributed by atoms with Crippen LogP contribution in [0.4, 0.5) is 5.82 Å². The Morgan fingerprint density at radius 1 is 1.48 bits per heavy atom. The molecule has 21 heavy (non-hydrogen) atoms. The molecule has 0 unspecified atom stereocenters. The van der Waals surface area contributed by atoms with E-state index >= 15 is 0 Å². The lowest BCUT2D eigenvalue weighted by Crippen LogP contribution is -2.17. The average Bonchev–Trinajstić information content (AvgIpc) is 2.80. The van der Waals surface area contributed by atoms with Crippen LogP contribution in [0.25, 0.3) is 0 Å². The predicted molar refractivity (Wildman–Crippen MR) is 78.2 cm³/mol. The van der Waals surface area contributed by atoms with Crippen molar-refractivity contribution < 1.29 is 17.9 Å². The Balaban J connectivity index is 2.45. The fraction of sp³-hybridized carbons (Fsp3) is 0.182. The first-order chi connectivity index (χ1) is 9.85. The summed E-state index contributed by atoms with van der Waals surface area (Å²) in [7, 11) is -2.81. The molecule has 0 radical (unpaired) electrons. The number of hydrogen-bond acceptors (Lipinski definition) is 7. The quantitative estimate of drug-likeness (QED) is 0.671. The number of aryl methyl sites for hydroxylation is 1. The van der Waals surface area contributed by atoms with E-state index in [0.29, 0.717) is 5.56 Å². The molecule has 0 saturated carbocycles. The second-order valence-corrected chi connectivity index (χ2v) is 6.72. The Kier molecular flexibility index (Phi) is 4.45. The minimum Gasteiger partial charge on any atom is -0.465 e. The minimum absolute atomic E-state index is 0.00246. The van der Waals surface area contributed by atoms with Crippen LogP contribution >= 0.6 is 22.9 Å². The highest BCUT2D eigenvalue weighted by atomic mass is 35.5. The third kappa shape index (κ3) is 3.31. The Hall–Kier alpha value is -1.71. The Morgan fingerprint density at radius 2 is 2.19 bits per heavy atom. The Morgan fingerprint density at radius 3 is 2.81 bits per heavy atom. The van der Waals surface area contributed by atoms with Gasteiger partial charge in [-0.2, -0.15) is 4.98 Å². The zero-order chi connectivity index (χ0) is 15.6. The zero-order valence-electron chi connectivity index (χ0n) is 11.0. The lowest BCUT2D eigenvalue weighted by Gasteiger charge is -2.08. The maximum Gasteiger partial charge on any atom is 0.349 e. The summed E-state index contributed by atoms with van der Waals surface area (Å²) in [5.41, 5.74) is 0.438. The number of ether oxygens (including phenoxy) is 1. The highest BCUT2D eigenvalue weighted by Crippen LogP contribution is 2.29. The van der Waals surface area contributed by atoms with Crippen LogP contribution in [-0.2, 0) is 14.8 Å². The monoisotopic (exact) mass is 347 g/mol. The number of thiophene rings is 1. The van der Waals surface area contributed by atoms with Crippen LogP contribution in [0.15, 0.2) is 22.5 Å². The van der Waals surface area contributed by atoms with Crippen molar-refractivity contribution in [2.24, 2.45) is 0 Å². The van der Waals surface area contributed by atoms with E-state index in [1.54, 1.807) is 12.3 Å². The van der Waals surface area contributed by atoms with E-state index in [1.165, 1.54) is 19.4 Å². The molecular formula is C11H10ClN3O4S2. The third-order valence-electron chi connectivity index (χ3n) is 2.42. The van der Waals surface area contributed by atoms with Gasteiger partial charge in [-0.25, -0.2) is 18.2 Å². The van der Waals surface area contributed by atoms with Crippen molar-refractivity contribution in [1.82, 2.24) is 9.97 Å². The molecule has 0 aliphatic heterocycles. The summed E-state index contributed by atoms with van der Waals surface area (Å²) in [6.07, 6.45) is 1.31. The van der Waals surface area contributed by atoms with E-state index in [-0.39, 0.29) is 20.9 Å². The number of rotatable bonds is 4. The van der Waals surface area contributed by atoms with Gasteiger partial charge in [0.25, 0.3) is 10.0 Å². The number of esters is 1. The maximum absolute atomic E-state index is 12.4. The highest BCUT2D eigenvalue weighted by molar-refractivity contribution is 7.93. The van der Waals surface area contributed by atoms with Gasteiger partial charge in [0.2, 0.25) is 5.28 Å². The molecule has 112 valence electrons. The molecule has 2 aromatic rings. The SMILES string of the molecule is COC(=O)c1scc(C)c1S(=O)(=O)Nc1ccnc(Cl)n1. The first-order valence-electron chi connectivity index (χ1n) is 5.53. The van der Waals surface area contributed by atoms with Crippen molar-refractivity contribution in [2.75, 3.05) is 11.8 Å². The molecule has 2 aromatic heterocycles. The molecule has 2 heterocycles. The summed E-state index contributed by atoms with van der Waals surface area (Å²) in [4.78, 5) is 18.9. The number of carbonyl (C=O) groups excluding carboxylic acids is 1. The summed E-state index contributed by atoms with van der Waals surface area (Å²) in [6.45, 7) is 1.59. The number of nitrogens with zero attached hydrogens (tertiary/aromatic N) is 2. The number of aromatic nitrogens is 2. The highest BCUT2D eigenvalue weighted by Gasteiger charge is 2.28. The van der Waals surface area contributed by atoms with Crippen LogP contribution in [0.5, 0.6) is 0 Å². The van der Waals surface area contributed by atoms with Crippen molar-refractivity contribution in [3.63, 3.8) is 0 Å². The fourth-order valence-corrected chi connectivity index (χ4v) is 4.44. The van der Waals surface area contributed by atoms with E-state index in [2.05, 4.69) is 19.4 Å². The van der Waals surface area contributed by atoms with Gasteiger partial charge in [-0.1, -0.05) is 0 Å². The maximum atomic E-state index is 12.4. The van der Waals surface area contributed by atoms with Gasteiger partial charge in [-0.3, -0.25) is 4.72 Å². The molecule has 0 spiro atoms. The van der Waals surface area contributed by atoms with E-state index in [9.17, 15) is 13.2 Å². The van der Waals surface area contributed by atoms with Crippen LogP contribution < -0.4 is 4.72 Å². The molecule has 0 bridgehead atoms. The number of nitrogens with one attached hydrogen (secondary N) is 1. The summed E-state index contributed by atoms with van der Waals surface area (Å²) < 4.78 is 31.7. The van der Waals surface area contributed by atoms with Crippen molar-refractivity contribution >= 4 is 44.7 Å². The predicted octanol–water partition coefficient (Wildman–Crippen LogP) is 2.09. The first kappa shape index (κ1) is 15.7. The molecule has 0 aliphatic rings. The molecule has 0 aromatic carbocycles. The molecule has 10 heteroatoms. The number of methoxy groups -OCH3 is 1. The van der Waals surface area contributed by atoms with Crippen LogP contribution in [0.3, 0.4) is 0 Å². The van der Waals surface area contributed by atoms with E-state index in [0.717, 1.165) is 11.3 Å². The zero-order valence-corrected chi connectivity index (χ0v) is 13.3. The number of halogens is 1. The average molecular weight is 348 g/mol. The van der Waals surface area contributed by atoms with Crippen LogP contribution in [0.2, 0.25) is 5.28 Å². The molecule has 0 aliphatic carbocycles. The summed E-state index contributed by atoms with van der Waals surface area (Å²) in [6, 6.07) is 1.35. The number of hydrogen-bond donors (Lipinski definition) is 1. The molecule has 0 atom stereocenters. The Bertz CT molecular complexity index is 789. The number of carbonyl (C=O) groups is 1. The van der Waals surface area contributed by atoms with Crippen LogP contribution in [0, 0.1) is 6.92 Å². The largest absolute Gasteiger partial charge is 0.465 e. The molecule has 1 N–H and O–H groups in total. The van der Waals surface area contributed by atoms with Gasteiger partial charge >= 0.3 is 5.97 Å². The summed E-state index contributed by atoms with van der Waals surface area (Å²) in [5, 5.41) is 1.47. The topological polar surface area (TPSA) is 98.2 Å². The van der Waals surface area contributed by atoms with Crippen molar-refractivity contribution in [2.45, 2.75) is 11.8 Å². The lowest BCUT2D eigenvalue weighted by molar-refractivity contribution is 0.0602. The van der Waals surface area contributed by atoms with E-state index < -0.39 is 16.0 Å². The van der Waals surface area contributed by atoms with E-state index in [4.69, 9.17) is 11.6 Å². The van der Waals surface area contributed by atoms with E-state index in [1.807, 2.05) is 0 Å². The molecule has 2 rings (SSSR count). The lowest BCUT2D eigenvalue weighted by atomic mass is 10.3. The molecule has 0 fully saturated rings. The van der Waals surface area contributed by atoms with Gasteiger partial charge in [-0.15, -0.1) is 11.3 Å². The standard InChI is InChI=1S/C11H10ClN3O4S2/c1-6-5-20-8(10(16)19-2)9(6)21(17,18)15-7-3-4-13-11(12)14-7/h3-5H,1-2H3,(H,13,14,15). The number of sulfonamides is 1. The third-order valence-corrected chi connectivity index (χ3v) is 5.35. The minimum atomic E-state index is -3.99. The number of anilines is 1. The molecule has 0 saturated heterocycles. The van der Waals surface area contributed by atoms with Gasteiger partial charge in [0, 0.05) is 6.20 Å². The van der Waals surface area contributed by atoms with Gasteiger partial charge in [0.15, 0.2) is 0 Å². The van der Waals surface area contributed by atoms with Crippen molar-refractivity contribution in [3.8, 4) is 0 Å². The summed E-state index contributed by atoms with van der Waals surface area (Å²) in [5.74, 6) is -0.703. The van der Waals surface area contributed by atoms with Gasteiger partial charge in [0.1, 0.15) is 15.6 Å². The second-order valence-electron chi connectivity index (χ2n) is 3.88. The summed E-state index contributed by atoms with van der Waals surface area (Å²) >= 11 is 6.60. The Labute approximate surface area is 130 Å². The van der Waals surface area contributed by atoms with Gasteiger partial charge in [0.05, 0.1) is 7.11 Å². The molecule has 7 nitrogen and oxygen atoms in total. The smallest absolute Gasteiger partial charge is 0.349 e. The normalized spacial score (nSPS) is 11.2. The fourth-order valence-electron chi connectivity index (χ4n) is 1.58. The van der Waals surface area contributed by atoms with Crippen molar-refractivity contribution in [1.29, 1.82) is 0 Å². The van der Waals surface area contributed by atoms with Gasteiger partial charge in [-0.05, 0) is 35.5 Å². The second kappa shape index (κ2) is 5.96. The molecular weight excluding hydrogens is 338 g/mol. The van der Waals surface area contributed by atoms with Crippen LogP contribution in [0.1, 0.15) is 15.2 Å². The van der Waals surface area contributed by atoms with Gasteiger partial charge < -0.3 is 4.74 Å². The van der Waals surface area contributed by atoms with Crippen LogP contribution in [-0.4, -0.2) is 31.5 Å².